The Hall–Kier alpha value is -1.63. The summed E-state index contributed by atoms with van der Waals surface area (Å²) < 4.78 is 59.4. The van der Waals surface area contributed by atoms with Crippen LogP contribution in [0.4, 0.5) is 13.2 Å². The van der Waals surface area contributed by atoms with Crippen molar-refractivity contribution in [2.45, 2.75) is 29.4 Å². The summed E-state index contributed by atoms with van der Waals surface area (Å²) in [7, 11) is -5.36. The van der Waals surface area contributed by atoms with Gasteiger partial charge in [-0.25, -0.2) is 8.42 Å². The first-order chi connectivity index (χ1) is 9.55. The second kappa shape index (κ2) is 6.01. The van der Waals surface area contributed by atoms with Gasteiger partial charge in [-0.1, -0.05) is 12.1 Å². The number of aliphatic hydroxyl groups is 1. The molecule has 0 aliphatic carbocycles. The Morgan fingerprint density at radius 2 is 1.81 bits per heavy atom. The van der Waals surface area contributed by atoms with Crippen LogP contribution in [-0.2, 0) is 16.4 Å². The van der Waals surface area contributed by atoms with Crippen molar-refractivity contribution >= 4 is 9.84 Å². The molecule has 0 aliphatic rings. The van der Waals surface area contributed by atoms with Gasteiger partial charge in [0.2, 0.25) is 0 Å². The van der Waals surface area contributed by atoms with Crippen LogP contribution in [0.25, 0.3) is 0 Å². The third kappa shape index (κ3) is 3.93. The van der Waals surface area contributed by atoms with Gasteiger partial charge in [0.1, 0.15) is 5.54 Å². The van der Waals surface area contributed by atoms with E-state index < -0.39 is 32.4 Å². The highest BCUT2D eigenvalue weighted by Crippen LogP contribution is 2.30. The van der Waals surface area contributed by atoms with E-state index in [9.17, 15) is 21.6 Å². The summed E-state index contributed by atoms with van der Waals surface area (Å²) in [5.41, 5.74) is -6.05. The molecule has 21 heavy (non-hydrogen) atoms. The molecule has 5 nitrogen and oxygen atoms in total. The summed E-state index contributed by atoms with van der Waals surface area (Å²) in [6.45, 7) is 1.11. The fraction of sp³-hybridized carbons (Fsp3) is 0.417. The molecule has 1 aromatic rings. The highest BCUT2D eigenvalue weighted by molar-refractivity contribution is 7.92. The minimum Gasteiger partial charge on any atom is -0.393 e. The molecule has 1 unspecified atom stereocenters. The number of rotatable bonds is 5. The first-order valence-electron chi connectivity index (χ1n) is 5.73. The van der Waals surface area contributed by atoms with Gasteiger partial charge in [0.15, 0.2) is 0 Å². The first kappa shape index (κ1) is 17.4. The maximum atomic E-state index is 12.4. The number of halogens is 3. The average molecular weight is 322 g/mol. The van der Waals surface area contributed by atoms with Gasteiger partial charge in [-0.2, -0.15) is 18.4 Å². The molecule has 0 bridgehead atoms. The highest BCUT2D eigenvalue weighted by Gasteiger charge is 2.46. The fourth-order valence-corrected chi connectivity index (χ4v) is 2.11. The van der Waals surface area contributed by atoms with E-state index in [0.29, 0.717) is 5.56 Å². The fourth-order valence-electron chi connectivity index (χ4n) is 1.35. The lowest BCUT2D eigenvalue weighted by Gasteiger charge is -2.20. The zero-order valence-electron chi connectivity index (χ0n) is 11.0. The molecule has 0 amide bonds. The van der Waals surface area contributed by atoms with Crippen LogP contribution in [0.15, 0.2) is 29.2 Å². The first-order valence-corrected chi connectivity index (χ1v) is 7.21. The summed E-state index contributed by atoms with van der Waals surface area (Å²) in [4.78, 5) is -0.844. The Morgan fingerprint density at radius 3 is 2.19 bits per heavy atom. The average Bonchev–Trinajstić information content (AvgIpc) is 2.44. The number of hydrogen-bond donors (Lipinski definition) is 2. The third-order valence-electron chi connectivity index (χ3n) is 2.78. The number of hydrogen-bond acceptors (Lipinski definition) is 5. The number of nitrogens with one attached hydrogen (secondary N) is 1. The Kier molecular flexibility index (Phi) is 4.99. The van der Waals surface area contributed by atoms with Gasteiger partial charge in [0.05, 0.1) is 17.6 Å². The molecule has 0 saturated heterocycles. The molecule has 0 fully saturated rings. The van der Waals surface area contributed by atoms with Crippen LogP contribution in [-0.4, -0.2) is 31.2 Å². The quantitative estimate of drug-likeness (QED) is 0.854. The van der Waals surface area contributed by atoms with E-state index in [1.807, 2.05) is 6.07 Å². The van der Waals surface area contributed by atoms with Crippen molar-refractivity contribution in [1.82, 2.24) is 5.32 Å². The summed E-state index contributed by atoms with van der Waals surface area (Å²) in [5.74, 6) is 0. The molecule has 0 radical (unpaired) electrons. The van der Waals surface area contributed by atoms with Crippen LogP contribution < -0.4 is 5.32 Å². The molecular formula is C12H13F3N2O3S. The zero-order chi connectivity index (χ0) is 16.3. The predicted octanol–water partition coefficient (Wildman–Crippen LogP) is 1.34. The second-order valence-corrected chi connectivity index (χ2v) is 6.49. The van der Waals surface area contributed by atoms with Gasteiger partial charge in [0, 0.05) is 6.54 Å². The number of sulfone groups is 1. The van der Waals surface area contributed by atoms with E-state index in [1.165, 1.54) is 19.1 Å². The van der Waals surface area contributed by atoms with E-state index in [4.69, 9.17) is 10.4 Å². The van der Waals surface area contributed by atoms with Crippen molar-refractivity contribution in [3.8, 4) is 6.07 Å². The normalized spacial score (nSPS) is 15.2. The van der Waals surface area contributed by atoms with Gasteiger partial charge >= 0.3 is 5.51 Å². The van der Waals surface area contributed by atoms with Gasteiger partial charge < -0.3 is 5.11 Å². The van der Waals surface area contributed by atoms with E-state index in [-0.39, 0.29) is 6.54 Å². The van der Waals surface area contributed by atoms with Crippen molar-refractivity contribution in [2.24, 2.45) is 0 Å². The lowest BCUT2D eigenvalue weighted by atomic mass is 10.1. The summed E-state index contributed by atoms with van der Waals surface area (Å²) in [6, 6.07) is 5.97. The molecule has 2 N–H and O–H groups in total. The van der Waals surface area contributed by atoms with Gasteiger partial charge in [0.25, 0.3) is 9.84 Å². The molecule has 1 aromatic carbocycles. The van der Waals surface area contributed by atoms with E-state index in [2.05, 4.69) is 5.32 Å². The molecule has 0 heterocycles. The third-order valence-corrected chi connectivity index (χ3v) is 4.29. The molecule has 0 saturated carbocycles. The molecule has 116 valence electrons. The van der Waals surface area contributed by atoms with Gasteiger partial charge in [-0.3, -0.25) is 5.32 Å². The SMILES string of the molecule is CC(C#N)(CO)NCc1ccc(S(=O)(=O)C(F)(F)F)cc1. The van der Waals surface area contributed by atoms with E-state index >= 15 is 0 Å². The second-order valence-electron chi connectivity index (χ2n) is 4.55. The minimum atomic E-state index is -5.36. The lowest BCUT2D eigenvalue weighted by molar-refractivity contribution is -0.0436. The van der Waals surface area contributed by atoms with Gasteiger partial charge in [-0.15, -0.1) is 0 Å². The van der Waals surface area contributed by atoms with Crippen molar-refractivity contribution in [3.05, 3.63) is 29.8 Å². The molecule has 0 spiro atoms. The van der Waals surface area contributed by atoms with E-state index in [1.54, 1.807) is 0 Å². The lowest BCUT2D eigenvalue weighted by Crippen LogP contribution is -2.43. The summed E-state index contributed by atoms with van der Waals surface area (Å²) in [6.07, 6.45) is 0. The molecule has 1 rings (SSSR count). The largest absolute Gasteiger partial charge is 0.501 e. The maximum absolute atomic E-state index is 12.4. The smallest absolute Gasteiger partial charge is 0.393 e. The van der Waals surface area contributed by atoms with Crippen molar-refractivity contribution in [3.63, 3.8) is 0 Å². The Bertz CT molecular complexity index is 635. The minimum absolute atomic E-state index is 0.0942. The molecule has 0 aromatic heterocycles. The Balaban J connectivity index is 2.88. The number of nitrogens with zero attached hydrogens (tertiary/aromatic N) is 1. The number of aliphatic hydroxyl groups excluding tert-OH is 1. The van der Waals surface area contributed by atoms with Crippen LogP contribution in [0.5, 0.6) is 0 Å². The van der Waals surface area contributed by atoms with Crippen molar-refractivity contribution < 1.29 is 26.7 Å². The summed E-state index contributed by atoms with van der Waals surface area (Å²) in [5, 5.41) is 20.6. The number of benzene rings is 1. The van der Waals surface area contributed by atoms with Crippen LogP contribution >= 0.6 is 0 Å². The monoisotopic (exact) mass is 322 g/mol. The molecule has 0 aliphatic heterocycles. The predicted molar refractivity (Wildman–Crippen MR) is 67.6 cm³/mol. The highest BCUT2D eigenvalue weighted by atomic mass is 32.2. The molecular weight excluding hydrogens is 309 g/mol. The van der Waals surface area contributed by atoms with Crippen LogP contribution in [0.1, 0.15) is 12.5 Å². The standard InChI is InChI=1S/C12H13F3N2O3S/c1-11(7-16,8-18)17-6-9-2-4-10(5-3-9)21(19,20)12(13,14)15/h2-5,17-18H,6,8H2,1H3. The maximum Gasteiger partial charge on any atom is 0.501 e. The van der Waals surface area contributed by atoms with Crippen LogP contribution in [0.2, 0.25) is 0 Å². The van der Waals surface area contributed by atoms with Crippen LogP contribution in [0, 0.1) is 11.3 Å². The topological polar surface area (TPSA) is 90.2 Å². The molecule has 9 heteroatoms. The van der Waals surface area contributed by atoms with Gasteiger partial charge in [-0.05, 0) is 24.6 Å². The van der Waals surface area contributed by atoms with E-state index in [0.717, 1.165) is 12.1 Å². The Labute approximate surface area is 119 Å². The summed E-state index contributed by atoms with van der Waals surface area (Å²) >= 11 is 0. The number of nitriles is 1. The zero-order valence-corrected chi connectivity index (χ0v) is 11.8. The van der Waals surface area contributed by atoms with Crippen molar-refractivity contribution in [1.29, 1.82) is 5.26 Å². The van der Waals surface area contributed by atoms with Crippen molar-refractivity contribution in [2.75, 3.05) is 6.61 Å². The molecule has 1 atom stereocenters. The number of alkyl halides is 3. The van der Waals surface area contributed by atoms with Crippen LogP contribution in [0.3, 0.4) is 0 Å². The Morgan fingerprint density at radius 1 is 1.29 bits per heavy atom.